The second-order valence-electron chi connectivity index (χ2n) is 4.74. The Hall–Kier alpha value is -0.560. The van der Waals surface area contributed by atoms with E-state index in [1.54, 1.807) is 11.3 Å². The molecule has 0 aromatic carbocycles. The number of aromatic nitrogens is 1. The Bertz CT molecular complexity index is 392. The molecule has 0 saturated carbocycles. The van der Waals surface area contributed by atoms with Gasteiger partial charge < -0.3 is 15.1 Å². The maximum atomic E-state index is 12.1. The van der Waals surface area contributed by atoms with E-state index in [-0.39, 0.29) is 30.7 Å². The quantitative estimate of drug-likeness (QED) is 0.821. The molecule has 1 fully saturated rings. The number of rotatable bonds is 5. The number of hydrogen-bond donors (Lipinski definition) is 1. The van der Waals surface area contributed by atoms with E-state index in [4.69, 9.17) is 0 Å². The fourth-order valence-corrected chi connectivity index (χ4v) is 3.00. The number of carbonyl (C=O) groups is 1. The maximum absolute atomic E-state index is 12.1. The van der Waals surface area contributed by atoms with E-state index in [1.807, 2.05) is 23.5 Å². The Balaban J connectivity index is 0.00000200. The number of nitrogens with one attached hydrogen (secondary N) is 1. The molecule has 1 aliphatic rings. The van der Waals surface area contributed by atoms with Crippen LogP contribution in [-0.4, -0.2) is 55.6 Å². The van der Waals surface area contributed by atoms with E-state index in [1.165, 1.54) is 0 Å². The van der Waals surface area contributed by atoms with Gasteiger partial charge in [0.25, 0.3) is 0 Å². The van der Waals surface area contributed by atoms with Gasteiger partial charge in [-0.1, -0.05) is 0 Å². The lowest BCUT2D eigenvalue weighted by molar-refractivity contribution is -0.131. The van der Waals surface area contributed by atoms with Gasteiger partial charge in [0.15, 0.2) is 5.13 Å². The third-order valence-electron chi connectivity index (χ3n) is 3.36. The SMILES string of the molecule is CNCCCC(=O)N1CCCN(c2nccs2)CC1.Cl.Cl. The molecule has 8 heteroatoms. The number of carbonyl (C=O) groups excluding carboxylic acids is 1. The lowest BCUT2D eigenvalue weighted by Gasteiger charge is -2.21. The molecule has 122 valence electrons. The van der Waals surface area contributed by atoms with Crippen LogP contribution in [0.1, 0.15) is 19.3 Å². The van der Waals surface area contributed by atoms with Crippen LogP contribution in [0.3, 0.4) is 0 Å². The van der Waals surface area contributed by atoms with Crippen molar-refractivity contribution in [1.29, 1.82) is 0 Å². The third kappa shape index (κ3) is 6.38. The molecule has 21 heavy (non-hydrogen) atoms. The van der Waals surface area contributed by atoms with Crippen molar-refractivity contribution in [2.24, 2.45) is 0 Å². The molecule has 0 aliphatic carbocycles. The topological polar surface area (TPSA) is 48.5 Å². The zero-order valence-corrected chi connectivity index (χ0v) is 14.7. The predicted octanol–water partition coefficient (Wildman–Crippen LogP) is 2.03. The van der Waals surface area contributed by atoms with E-state index in [0.717, 1.165) is 50.7 Å². The summed E-state index contributed by atoms with van der Waals surface area (Å²) in [4.78, 5) is 20.7. The highest BCUT2D eigenvalue weighted by Gasteiger charge is 2.19. The van der Waals surface area contributed by atoms with Gasteiger partial charge in [-0.3, -0.25) is 4.79 Å². The number of nitrogens with zero attached hydrogens (tertiary/aromatic N) is 3. The predicted molar refractivity (Wildman–Crippen MR) is 93.2 cm³/mol. The van der Waals surface area contributed by atoms with Crippen molar-refractivity contribution >= 4 is 47.2 Å². The lowest BCUT2D eigenvalue weighted by Crippen LogP contribution is -2.35. The van der Waals surface area contributed by atoms with Gasteiger partial charge in [0.05, 0.1) is 0 Å². The van der Waals surface area contributed by atoms with Crippen molar-refractivity contribution in [1.82, 2.24) is 15.2 Å². The molecular weight excluding hydrogens is 331 g/mol. The van der Waals surface area contributed by atoms with Gasteiger partial charge >= 0.3 is 0 Å². The van der Waals surface area contributed by atoms with E-state index >= 15 is 0 Å². The molecular formula is C13H24Cl2N4OS. The second-order valence-corrected chi connectivity index (χ2v) is 5.62. The number of amides is 1. The minimum absolute atomic E-state index is 0. The smallest absolute Gasteiger partial charge is 0.222 e. The molecule has 1 aliphatic heterocycles. The van der Waals surface area contributed by atoms with Gasteiger partial charge in [0, 0.05) is 44.2 Å². The zero-order chi connectivity index (χ0) is 13.5. The molecule has 1 N–H and O–H groups in total. The first-order valence-corrected chi connectivity index (χ1v) is 7.76. The van der Waals surface area contributed by atoms with E-state index in [9.17, 15) is 4.79 Å². The molecule has 1 aromatic rings. The van der Waals surface area contributed by atoms with Crippen molar-refractivity contribution in [2.75, 3.05) is 44.7 Å². The average molecular weight is 355 g/mol. The first kappa shape index (κ1) is 20.4. The minimum Gasteiger partial charge on any atom is -0.346 e. The van der Waals surface area contributed by atoms with Crippen LogP contribution in [0.4, 0.5) is 5.13 Å². The van der Waals surface area contributed by atoms with Gasteiger partial charge in [0.1, 0.15) is 0 Å². The minimum atomic E-state index is 0. The Labute approximate surface area is 142 Å². The molecule has 2 rings (SSSR count). The largest absolute Gasteiger partial charge is 0.346 e. The molecule has 0 atom stereocenters. The lowest BCUT2D eigenvalue weighted by atomic mass is 10.2. The summed E-state index contributed by atoms with van der Waals surface area (Å²) in [7, 11) is 1.92. The maximum Gasteiger partial charge on any atom is 0.222 e. The highest BCUT2D eigenvalue weighted by atomic mass is 35.5. The second kappa shape index (κ2) is 11.1. The molecule has 0 spiro atoms. The molecule has 2 heterocycles. The van der Waals surface area contributed by atoms with Crippen LogP contribution in [-0.2, 0) is 4.79 Å². The summed E-state index contributed by atoms with van der Waals surface area (Å²) < 4.78 is 0. The third-order valence-corrected chi connectivity index (χ3v) is 4.19. The van der Waals surface area contributed by atoms with Gasteiger partial charge in [-0.2, -0.15) is 0 Å². The van der Waals surface area contributed by atoms with Crippen LogP contribution in [0.15, 0.2) is 11.6 Å². The molecule has 1 amide bonds. The molecule has 0 unspecified atom stereocenters. The Morgan fingerprint density at radius 1 is 1.33 bits per heavy atom. The van der Waals surface area contributed by atoms with Gasteiger partial charge in [0.2, 0.25) is 5.91 Å². The van der Waals surface area contributed by atoms with Crippen molar-refractivity contribution in [3.05, 3.63) is 11.6 Å². The van der Waals surface area contributed by atoms with Crippen LogP contribution in [0, 0.1) is 0 Å². The first-order chi connectivity index (χ1) is 9.31. The van der Waals surface area contributed by atoms with Gasteiger partial charge in [-0.15, -0.1) is 36.2 Å². The molecule has 1 aromatic heterocycles. The summed E-state index contributed by atoms with van der Waals surface area (Å²) in [5.74, 6) is 0.288. The van der Waals surface area contributed by atoms with Crippen molar-refractivity contribution in [3.63, 3.8) is 0 Å². The summed E-state index contributed by atoms with van der Waals surface area (Å²) in [5, 5.41) is 6.15. The van der Waals surface area contributed by atoms with Crippen LogP contribution < -0.4 is 10.2 Å². The summed E-state index contributed by atoms with van der Waals surface area (Å²) >= 11 is 1.67. The summed E-state index contributed by atoms with van der Waals surface area (Å²) in [6.07, 6.45) is 4.43. The first-order valence-electron chi connectivity index (χ1n) is 6.88. The average Bonchev–Trinajstić information content (AvgIpc) is 2.83. The van der Waals surface area contributed by atoms with E-state index in [0.29, 0.717) is 6.42 Å². The fourth-order valence-electron chi connectivity index (χ4n) is 2.30. The highest BCUT2D eigenvalue weighted by molar-refractivity contribution is 7.13. The Kier molecular flexibility index (Phi) is 10.8. The Morgan fingerprint density at radius 2 is 2.14 bits per heavy atom. The van der Waals surface area contributed by atoms with Crippen molar-refractivity contribution in [3.8, 4) is 0 Å². The molecule has 0 bridgehead atoms. The zero-order valence-electron chi connectivity index (χ0n) is 12.3. The van der Waals surface area contributed by atoms with Crippen LogP contribution in [0.5, 0.6) is 0 Å². The number of anilines is 1. The van der Waals surface area contributed by atoms with Crippen LogP contribution >= 0.6 is 36.2 Å². The van der Waals surface area contributed by atoms with Crippen molar-refractivity contribution in [2.45, 2.75) is 19.3 Å². The number of hydrogen-bond acceptors (Lipinski definition) is 5. The summed E-state index contributed by atoms with van der Waals surface area (Å²) in [5.41, 5.74) is 0. The summed E-state index contributed by atoms with van der Waals surface area (Å²) in [6, 6.07) is 0. The highest BCUT2D eigenvalue weighted by Crippen LogP contribution is 2.19. The summed E-state index contributed by atoms with van der Waals surface area (Å²) in [6.45, 7) is 4.49. The van der Waals surface area contributed by atoms with Gasteiger partial charge in [-0.05, 0) is 26.4 Å². The van der Waals surface area contributed by atoms with E-state index in [2.05, 4.69) is 15.2 Å². The monoisotopic (exact) mass is 354 g/mol. The molecule has 5 nitrogen and oxygen atoms in total. The van der Waals surface area contributed by atoms with E-state index < -0.39 is 0 Å². The van der Waals surface area contributed by atoms with Crippen LogP contribution in [0.25, 0.3) is 0 Å². The van der Waals surface area contributed by atoms with Crippen molar-refractivity contribution < 1.29 is 4.79 Å². The standard InChI is InChI=1S/C13H22N4OS.2ClH/c1-14-5-2-4-12(18)16-7-3-8-17(10-9-16)13-15-6-11-19-13;;/h6,11,14H,2-5,7-10H2,1H3;2*1H. The Morgan fingerprint density at radius 3 is 2.81 bits per heavy atom. The molecule has 0 radical (unpaired) electrons. The van der Waals surface area contributed by atoms with Crippen LogP contribution in [0.2, 0.25) is 0 Å². The molecule has 1 saturated heterocycles. The van der Waals surface area contributed by atoms with Gasteiger partial charge in [-0.25, -0.2) is 4.98 Å². The normalized spacial score (nSPS) is 14.9. The number of thiazole rings is 1. The fraction of sp³-hybridized carbons (Fsp3) is 0.692. The number of halogens is 2.